The fourth-order valence-corrected chi connectivity index (χ4v) is 7.21. The van der Waals surface area contributed by atoms with Crippen molar-refractivity contribution in [3.63, 3.8) is 0 Å². The predicted molar refractivity (Wildman–Crippen MR) is 174 cm³/mol. The maximum absolute atomic E-state index is 13.7. The summed E-state index contributed by atoms with van der Waals surface area (Å²) in [5.74, 6) is 1.61. The number of anilines is 1. The van der Waals surface area contributed by atoms with E-state index in [1.807, 2.05) is 64.1 Å². The van der Waals surface area contributed by atoms with Gasteiger partial charge in [-0.2, -0.15) is 0 Å². The summed E-state index contributed by atoms with van der Waals surface area (Å²) in [4.78, 5) is 18.9. The molecule has 9 heteroatoms. The third kappa shape index (κ3) is 7.62. The van der Waals surface area contributed by atoms with Crippen molar-refractivity contribution >= 4 is 16.0 Å². The van der Waals surface area contributed by atoms with Crippen LogP contribution in [0.1, 0.15) is 81.6 Å². The molecule has 1 aliphatic rings. The monoisotopic (exact) mass is 613 g/mol. The fourth-order valence-electron chi connectivity index (χ4n) is 6.21. The molecule has 2 aromatic heterocycles. The SMILES string of the molecule is Cc1cccc(C)c1-c1cc2nc(n1)NS(=O)(=O)c1cccc(c1)C(Cc1ncc(OC(C)C)cn1)[C@H](CC(C)(C)C)CC2. The number of rotatable bonds is 6. The molecule has 0 fully saturated rings. The number of ether oxygens (including phenoxy) is 1. The van der Waals surface area contributed by atoms with Crippen LogP contribution in [0.5, 0.6) is 5.75 Å². The average molecular weight is 614 g/mol. The molecule has 4 aromatic rings. The highest BCUT2D eigenvalue weighted by molar-refractivity contribution is 7.92. The van der Waals surface area contributed by atoms with E-state index in [2.05, 4.69) is 35.5 Å². The van der Waals surface area contributed by atoms with Crippen molar-refractivity contribution in [1.29, 1.82) is 0 Å². The van der Waals surface area contributed by atoms with Crippen LogP contribution in [0.15, 0.2) is 65.8 Å². The van der Waals surface area contributed by atoms with Gasteiger partial charge in [0.05, 0.1) is 29.1 Å². The van der Waals surface area contributed by atoms with Gasteiger partial charge in [-0.15, -0.1) is 0 Å². The van der Waals surface area contributed by atoms with Crippen LogP contribution in [-0.2, 0) is 22.9 Å². The molecule has 232 valence electrons. The average Bonchev–Trinajstić information content (AvgIpc) is 2.93. The van der Waals surface area contributed by atoms with E-state index in [-0.39, 0.29) is 34.2 Å². The first-order chi connectivity index (χ1) is 20.8. The first-order valence-corrected chi connectivity index (χ1v) is 16.8. The Hall–Kier alpha value is -3.85. The quantitative estimate of drug-likeness (QED) is 0.240. The normalized spacial score (nSPS) is 18.2. The second-order valence-corrected chi connectivity index (χ2v) is 15.1. The van der Waals surface area contributed by atoms with Gasteiger partial charge in [-0.3, -0.25) is 0 Å². The number of aromatic nitrogens is 4. The van der Waals surface area contributed by atoms with E-state index in [0.29, 0.717) is 24.4 Å². The molecule has 0 aliphatic carbocycles. The third-order valence-electron chi connectivity index (χ3n) is 8.01. The Morgan fingerprint density at radius 3 is 2.32 bits per heavy atom. The minimum absolute atomic E-state index is 0.0138. The zero-order valence-electron chi connectivity index (χ0n) is 26.8. The van der Waals surface area contributed by atoms with Crippen LogP contribution >= 0.6 is 0 Å². The molecule has 0 radical (unpaired) electrons. The zero-order chi connectivity index (χ0) is 31.6. The Morgan fingerprint density at radius 2 is 1.66 bits per heavy atom. The van der Waals surface area contributed by atoms with Crippen molar-refractivity contribution in [2.24, 2.45) is 11.3 Å². The van der Waals surface area contributed by atoms with Gasteiger partial charge in [0.15, 0.2) is 5.75 Å². The molecule has 0 spiro atoms. The van der Waals surface area contributed by atoms with Crippen LogP contribution < -0.4 is 9.46 Å². The lowest BCUT2D eigenvalue weighted by atomic mass is 9.72. The summed E-state index contributed by atoms with van der Waals surface area (Å²) in [6.07, 6.45) is 6.51. The van der Waals surface area contributed by atoms with E-state index in [0.717, 1.165) is 46.5 Å². The number of sulfonamides is 1. The van der Waals surface area contributed by atoms with Crippen LogP contribution in [0.2, 0.25) is 0 Å². The molecular formula is C35H43N5O3S. The molecule has 0 saturated carbocycles. The molecule has 8 nitrogen and oxygen atoms in total. The van der Waals surface area contributed by atoms with Gasteiger partial charge in [-0.1, -0.05) is 51.1 Å². The summed E-state index contributed by atoms with van der Waals surface area (Å²) < 4.78 is 35.9. The van der Waals surface area contributed by atoms with Gasteiger partial charge in [-0.05, 0) is 99.1 Å². The van der Waals surface area contributed by atoms with Crippen molar-refractivity contribution in [2.75, 3.05) is 4.72 Å². The standard InChI is InChI=1S/C35H43N5O3S/c1-22(2)43-28-20-36-32(37-21-28)18-30-25-12-9-13-29(16-25)44(41,42)40-34-38-27(15-14-26(30)19-35(5,6)7)17-31(39-34)33-23(3)10-8-11-24(33)4/h8-13,16-17,20-22,26,30H,14-15,18-19H2,1-7H3,(H,38,39,40)/t26-,30?/m0/s1. The smallest absolute Gasteiger partial charge is 0.264 e. The van der Waals surface area contributed by atoms with Crippen molar-refractivity contribution in [3.8, 4) is 17.0 Å². The van der Waals surface area contributed by atoms with Crippen LogP contribution in [0.25, 0.3) is 11.3 Å². The number of nitrogens with one attached hydrogen (secondary N) is 1. The van der Waals surface area contributed by atoms with E-state index in [9.17, 15) is 8.42 Å². The van der Waals surface area contributed by atoms with Gasteiger partial charge in [0.2, 0.25) is 5.95 Å². The van der Waals surface area contributed by atoms with Crippen LogP contribution in [0, 0.1) is 25.2 Å². The Balaban J connectivity index is 1.62. The number of hydrogen-bond acceptors (Lipinski definition) is 7. The van der Waals surface area contributed by atoms with E-state index >= 15 is 0 Å². The van der Waals surface area contributed by atoms with Crippen molar-refractivity contribution in [2.45, 2.75) is 91.1 Å². The van der Waals surface area contributed by atoms with Crippen LogP contribution in [0.3, 0.4) is 0 Å². The molecule has 0 saturated heterocycles. The highest BCUT2D eigenvalue weighted by Crippen LogP contribution is 2.40. The van der Waals surface area contributed by atoms with Crippen LogP contribution in [-0.4, -0.2) is 34.5 Å². The molecule has 2 atom stereocenters. The summed E-state index contributed by atoms with van der Waals surface area (Å²) in [5, 5.41) is 0. The molecule has 1 unspecified atom stereocenters. The third-order valence-corrected chi connectivity index (χ3v) is 9.34. The van der Waals surface area contributed by atoms with Crippen LogP contribution in [0.4, 0.5) is 5.95 Å². The predicted octanol–water partition coefficient (Wildman–Crippen LogP) is 7.46. The van der Waals surface area contributed by atoms with Crippen molar-refractivity contribution < 1.29 is 13.2 Å². The zero-order valence-corrected chi connectivity index (χ0v) is 27.6. The molecule has 0 amide bonds. The highest BCUT2D eigenvalue weighted by Gasteiger charge is 2.31. The molecule has 3 heterocycles. The second kappa shape index (κ2) is 12.6. The first kappa shape index (κ1) is 31.6. The van der Waals surface area contributed by atoms with Gasteiger partial charge in [0, 0.05) is 17.7 Å². The Bertz CT molecular complexity index is 1710. The number of aryl methyl sites for hydroxylation is 3. The molecule has 1 N–H and O–H groups in total. The van der Waals surface area contributed by atoms with E-state index in [1.165, 1.54) is 0 Å². The number of benzene rings is 2. The fraction of sp³-hybridized carbons (Fsp3) is 0.429. The topological polar surface area (TPSA) is 107 Å². The molecule has 1 aliphatic heterocycles. The molecule has 44 heavy (non-hydrogen) atoms. The summed E-state index contributed by atoms with van der Waals surface area (Å²) >= 11 is 0. The van der Waals surface area contributed by atoms with Gasteiger partial charge in [0.1, 0.15) is 5.82 Å². The van der Waals surface area contributed by atoms with Gasteiger partial charge in [-0.25, -0.2) is 33.1 Å². The lowest BCUT2D eigenvalue weighted by molar-refractivity contribution is 0.239. The van der Waals surface area contributed by atoms with Gasteiger partial charge >= 0.3 is 0 Å². The second-order valence-electron chi connectivity index (χ2n) is 13.4. The summed E-state index contributed by atoms with van der Waals surface area (Å²) in [6.45, 7) is 14.8. The van der Waals surface area contributed by atoms with E-state index in [4.69, 9.17) is 14.7 Å². The minimum atomic E-state index is -3.95. The molecule has 2 aromatic carbocycles. The van der Waals surface area contributed by atoms with Gasteiger partial charge in [0.25, 0.3) is 10.0 Å². The Morgan fingerprint density at radius 1 is 0.977 bits per heavy atom. The Labute approximate surface area is 261 Å². The number of hydrogen-bond donors (Lipinski definition) is 1. The lowest BCUT2D eigenvalue weighted by Crippen LogP contribution is -2.24. The summed E-state index contributed by atoms with van der Waals surface area (Å²) in [6, 6.07) is 15.4. The number of nitrogens with zero attached hydrogens (tertiary/aromatic N) is 4. The van der Waals surface area contributed by atoms with E-state index < -0.39 is 10.0 Å². The van der Waals surface area contributed by atoms with E-state index in [1.54, 1.807) is 24.5 Å². The van der Waals surface area contributed by atoms with Crippen molar-refractivity contribution in [1.82, 2.24) is 19.9 Å². The highest BCUT2D eigenvalue weighted by atomic mass is 32.2. The summed E-state index contributed by atoms with van der Waals surface area (Å²) in [7, 11) is -3.95. The Kier molecular flexibility index (Phi) is 9.07. The van der Waals surface area contributed by atoms with Crippen molar-refractivity contribution in [3.05, 3.63) is 89.1 Å². The first-order valence-electron chi connectivity index (χ1n) is 15.3. The molecule has 4 bridgehead atoms. The molecule has 5 rings (SSSR count). The largest absolute Gasteiger partial charge is 0.488 e. The maximum atomic E-state index is 13.7. The maximum Gasteiger partial charge on any atom is 0.264 e. The van der Waals surface area contributed by atoms with Gasteiger partial charge < -0.3 is 4.74 Å². The number of fused-ring (bicyclic) bond motifs is 4. The molecular weight excluding hydrogens is 570 g/mol. The minimum Gasteiger partial charge on any atom is -0.488 e. The lowest BCUT2D eigenvalue weighted by Gasteiger charge is -2.33. The summed E-state index contributed by atoms with van der Waals surface area (Å²) in [5.41, 5.74) is 5.67.